The highest BCUT2D eigenvalue weighted by atomic mass is 16.5. The molecule has 28 heavy (non-hydrogen) atoms. The Morgan fingerprint density at radius 1 is 1.32 bits per heavy atom. The summed E-state index contributed by atoms with van der Waals surface area (Å²) in [6, 6.07) is 9.69. The smallest absolute Gasteiger partial charge is 0.263 e. The van der Waals surface area contributed by atoms with Crippen LogP contribution in [-0.2, 0) is 4.74 Å². The van der Waals surface area contributed by atoms with Gasteiger partial charge in [-0.1, -0.05) is 29.8 Å². The van der Waals surface area contributed by atoms with E-state index in [0.717, 1.165) is 11.1 Å². The first-order valence-corrected chi connectivity index (χ1v) is 8.99. The molecular weight excluding hydrogens is 358 g/mol. The summed E-state index contributed by atoms with van der Waals surface area (Å²) in [4.78, 5) is 18.3. The third-order valence-corrected chi connectivity index (χ3v) is 4.46. The molecule has 3 aromatic rings. The van der Waals surface area contributed by atoms with Crippen molar-refractivity contribution in [3.63, 3.8) is 0 Å². The number of carbonyl (C=O) groups is 1. The molecule has 9 heteroatoms. The number of aromatic nitrogens is 3. The number of nitrogens with one attached hydrogen (secondary N) is 1. The Hall–Kier alpha value is -3.46. The average Bonchev–Trinajstić information content (AvgIpc) is 3.13. The maximum Gasteiger partial charge on any atom is 0.263 e. The first kappa shape index (κ1) is 17.9. The number of benzene rings is 1. The molecule has 1 amide bonds. The molecule has 144 valence electrons. The number of nitrogens with two attached hydrogens (primary N) is 1. The highest BCUT2D eigenvalue weighted by Crippen LogP contribution is 2.23. The zero-order valence-electron chi connectivity index (χ0n) is 15.5. The average molecular weight is 379 g/mol. The maximum absolute atomic E-state index is 11.6. The molecule has 0 spiro atoms. The predicted octanol–water partition coefficient (Wildman–Crippen LogP) is 1.42. The van der Waals surface area contributed by atoms with Crippen LogP contribution in [0.4, 0.5) is 11.8 Å². The molecule has 1 aliphatic heterocycles. The third kappa shape index (κ3) is 3.79. The lowest BCUT2D eigenvalue weighted by Crippen LogP contribution is -2.37. The summed E-state index contributed by atoms with van der Waals surface area (Å²) < 4.78 is 7.02. The molecule has 1 saturated heterocycles. The molecule has 0 saturated carbocycles. The van der Waals surface area contributed by atoms with E-state index in [1.54, 1.807) is 23.0 Å². The molecule has 3 N–H and O–H groups in total. The second-order valence-electron chi connectivity index (χ2n) is 6.57. The second kappa shape index (κ2) is 7.65. The number of primary amides is 1. The minimum atomic E-state index is -0.509. The summed E-state index contributed by atoms with van der Waals surface area (Å²) in [6.07, 6.45) is 3.30. The first-order chi connectivity index (χ1) is 13.6. The number of aryl methyl sites for hydroxylation is 1. The van der Waals surface area contributed by atoms with Crippen molar-refractivity contribution in [2.24, 2.45) is 10.8 Å². The van der Waals surface area contributed by atoms with Gasteiger partial charge in [0, 0.05) is 19.3 Å². The molecule has 1 aromatic carbocycles. The molecule has 1 fully saturated rings. The maximum atomic E-state index is 11.6. The second-order valence-corrected chi connectivity index (χ2v) is 6.57. The number of amides is 1. The quantitative estimate of drug-likeness (QED) is 0.512. The van der Waals surface area contributed by atoms with Crippen molar-refractivity contribution in [2.45, 2.75) is 6.92 Å². The van der Waals surface area contributed by atoms with E-state index in [1.165, 1.54) is 0 Å². The Labute approximate surface area is 161 Å². The van der Waals surface area contributed by atoms with Gasteiger partial charge in [0.05, 0.1) is 25.0 Å². The summed E-state index contributed by atoms with van der Waals surface area (Å²) in [5, 5.41) is 8.64. The van der Waals surface area contributed by atoms with Crippen LogP contribution in [0.1, 0.15) is 21.5 Å². The van der Waals surface area contributed by atoms with E-state index < -0.39 is 5.91 Å². The SMILES string of the molecule is Cc1cccc(/C=N/Nc2nc(N3CCOCC3)c3cc(C(N)=O)cn3n2)c1. The third-order valence-electron chi connectivity index (χ3n) is 4.46. The van der Waals surface area contributed by atoms with Crippen LogP contribution in [0.25, 0.3) is 5.52 Å². The van der Waals surface area contributed by atoms with Gasteiger partial charge in [0.25, 0.3) is 5.95 Å². The van der Waals surface area contributed by atoms with E-state index in [4.69, 9.17) is 10.5 Å². The van der Waals surface area contributed by atoms with Crippen LogP contribution in [-0.4, -0.2) is 53.0 Å². The number of ether oxygens (including phenoxy) is 1. The Morgan fingerprint density at radius 2 is 2.14 bits per heavy atom. The first-order valence-electron chi connectivity index (χ1n) is 8.99. The van der Waals surface area contributed by atoms with E-state index in [1.807, 2.05) is 31.2 Å². The van der Waals surface area contributed by atoms with Crippen molar-refractivity contribution in [1.29, 1.82) is 0 Å². The molecule has 4 rings (SSSR count). The molecule has 0 radical (unpaired) electrons. The van der Waals surface area contributed by atoms with E-state index in [2.05, 4.69) is 25.5 Å². The fraction of sp³-hybridized carbons (Fsp3) is 0.263. The van der Waals surface area contributed by atoms with E-state index in [0.29, 0.717) is 49.1 Å². The van der Waals surface area contributed by atoms with Crippen LogP contribution >= 0.6 is 0 Å². The van der Waals surface area contributed by atoms with E-state index in [-0.39, 0.29) is 0 Å². The van der Waals surface area contributed by atoms with Gasteiger partial charge in [-0.3, -0.25) is 4.79 Å². The minimum Gasteiger partial charge on any atom is -0.378 e. The summed E-state index contributed by atoms with van der Waals surface area (Å²) >= 11 is 0. The molecule has 1 aliphatic rings. The van der Waals surface area contributed by atoms with Crippen molar-refractivity contribution in [3.05, 3.63) is 53.2 Å². The normalized spacial score (nSPS) is 14.7. The van der Waals surface area contributed by atoms with Crippen molar-refractivity contribution < 1.29 is 9.53 Å². The molecule has 0 atom stereocenters. The fourth-order valence-electron chi connectivity index (χ4n) is 3.09. The summed E-state index contributed by atoms with van der Waals surface area (Å²) in [5.74, 6) is 0.522. The number of hydrogen-bond donors (Lipinski definition) is 2. The standard InChI is InChI=1S/C19H21N7O2/c1-13-3-2-4-14(9-13)11-21-23-19-22-18(25-5-7-28-8-6-25)16-10-15(17(20)27)12-26(16)24-19/h2-4,9-12H,5-8H2,1H3,(H2,20,27)(H,23,24)/b21-11+. The number of carbonyl (C=O) groups excluding carboxylic acids is 1. The van der Waals surface area contributed by atoms with Gasteiger partial charge in [-0.2, -0.15) is 10.1 Å². The number of rotatable bonds is 5. The lowest BCUT2D eigenvalue weighted by atomic mass is 10.2. The van der Waals surface area contributed by atoms with Gasteiger partial charge in [0.15, 0.2) is 5.82 Å². The van der Waals surface area contributed by atoms with Gasteiger partial charge in [-0.15, -0.1) is 5.10 Å². The molecule has 0 unspecified atom stereocenters. The van der Waals surface area contributed by atoms with Crippen LogP contribution in [0.2, 0.25) is 0 Å². The number of nitrogens with zero attached hydrogens (tertiary/aromatic N) is 5. The number of fused-ring (bicyclic) bond motifs is 1. The van der Waals surface area contributed by atoms with Crippen LogP contribution < -0.4 is 16.1 Å². The van der Waals surface area contributed by atoms with Gasteiger partial charge >= 0.3 is 0 Å². The fourth-order valence-corrected chi connectivity index (χ4v) is 3.09. The molecule has 0 aliphatic carbocycles. The Bertz CT molecular complexity index is 1040. The molecule has 9 nitrogen and oxygen atoms in total. The van der Waals surface area contributed by atoms with Crippen molar-refractivity contribution in [2.75, 3.05) is 36.6 Å². The number of hydrogen-bond acceptors (Lipinski definition) is 7. The lowest BCUT2D eigenvalue weighted by Gasteiger charge is -2.28. The van der Waals surface area contributed by atoms with E-state index in [9.17, 15) is 4.79 Å². The number of anilines is 2. The number of morpholine rings is 1. The van der Waals surface area contributed by atoms with Crippen LogP contribution in [0, 0.1) is 6.92 Å². The highest BCUT2D eigenvalue weighted by Gasteiger charge is 2.19. The summed E-state index contributed by atoms with van der Waals surface area (Å²) in [5.41, 5.74) is 11.5. The predicted molar refractivity (Wildman–Crippen MR) is 107 cm³/mol. The van der Waals surface area contributed by atoms with Crippen molar-refractivity contribution in [3.8, 4) is 0 Å². The van der Waals surface area contributed by atoms with Crippen LogP contribution in [0.5, 0.6) is 0 Å². The van der Waals surface area contributed by atoms with Gasteiger partial charge in [-0.25, -0.2) is 9.94 Å². The van der Waals surface area contributed by atoms with Gasteiger partial charge < -0.3 is 15.4 Å². The van der Waals surface area contributed by atoms with Crippen molar-refractivity contribution >= 4 is 29.4 Å². The number of hydrazone groups is 1. The largest absolute Gasteiger partial charge is 0.378 e. The molecule has 0 bridgehead atoms. The zero-order valence-corrected chi connectivity index (χ0v) is 15.5. The van der Waals surface area contributed by atoms with Gasteiger partial charge in [0.2, 0.25) is 5.91 Å². The van der Waals surface area contributed by atoms with E-state index >= 15 is 0 Å². The highest BCUT2D eigenvalue weighted by molar-refractivity contribution is 5.95. The van der Waals surface area contributed by atoms with Crippen LogP contribution in [0.15, 0.2) is 41.6 Å². The minimum absolute atomic E-state index is 0.324. The molecule has 2 aromatic heterocycles. The Kier molecular flexibility index (Phi) is 4.90. The summed E-state index contributed by atoms with van der Waals surface area (Å²) in [7, 11) is 0. The summed E-state index contributed by atoms with van der Waals surface area (Å²) in [6.45, 7) is 4.67. The van der Waals surface area contributed by atoms with Gasteiger partial charge in [-0.05, 0) is 18.6 Å². The Morgan fingerprint density at radius 3 is 2.89 bits per heavy atom. The molecular formula is C19H21N7O2. The lowest BCUT2D eigenvalue weighted by molar-refractivity contribution is 0.100. The zero-order chi connectivity index (χ0) is 19.5. The van der Waals surface area contributed by atoms with Gasteiger partial charge in [0.1, 0.15) is 5.52 Å². The monoisotopic (exact) mass is 379 g/mol. The van der Waals surface area contributed by atoms with Crippen LogP contribution in [0.3, 0.4) is 0 Å². The Balaban J connectivity index is 1.66. The topological polar surface area (TPSA) is 110 Å². The van der Waals surface area contributed by atoms with Crippen molar-refractivity contribution in [1.82, 2.24) is 14.6 Å². The molecule has 3 heterocycles.